The first-order valence-electron chi connectivity index (χ1n) is 8.30. The summed E-state index contributed by atoms with van der Waals surface area (Å²) in [6.07, 6.45) is 1.95. The predicted molar refractivity (Wildman–Crippen MR) is 95.6 cm³/mol. The van der Waals surface area contributed by atoms with Gasteiger partial charge >= 0.3 is 0 Å². The van der Waals surface area contributed by atoms with Gasteiger partial charge in [-0.1, -0.05) is 12.1 Å². The Labute approximate surface area is 144 Å². The molecule has 124 valence electrons. The number of thiazole rings is 1. The summed E-state index contributed by atoms with van der Waals surface area (Å²) in [4.78, 5) is 19.5. The topological polar surface area (TPSA) is 61.9 Å². The number of H-pyrrole nitrogens is 1. The van der Waals surface area contributed by atoms with Crippen molar-refractivity contribution in [3.8, 4) is 0 Å². The van der Waals surface area contributed by atoms with E-state index in [2.05, 4.69) is 28.4 Å². The van der Waals surface area contributed by atoms with Crippen LogP contribution in [0.2, 0.25) is 0 Å². The van der Waals surface area contributed by atoms with Crippen molar-refractivity contribution in [3.05, 3.63) is 46.2 Å². The Morgan fingerprint density at radius 3 is 2.67 bits per heavy atom. The molecule has 0 spiro atoms. The average molecular weight is 340 g/mol. The Bertz CT molecular complexity index is 837. The number of likely N-dealkylation sites (tertiary alicyclic amines) is 1. The molecule has 4 rings (SSSR count). The summed E-state index contributed by atoms with van der Waals surface area (Å²) in [5.41, 5.74) is 3.45. The number of aromatic nitrogens is 3. The molecule has 1 N–H and O–H groups in total. The van der Waals surface area contributed by atoms with Gasteiger partial charge in [0, 0.05) is 24.7 Å². The Balaban J connectivity index is 1.47. The number of hydrogen-bond acceptors (Lipinski definition) is 4. The lowest BCUT2D eigenvalue weighted by Gasteiger charge is -2.31. The lowest BCUT2D eigenvalue weighted by Crippen LogP contribution is -2.38. The number of nitrogens with one attached hydrogen (secondary N) is 1. The molecule has 1 aliphatic rings. The van der Waals surface area contributed by atoms with E-state index in [0.29, 0.717) is 5.92 Å². The van der Waals surface area contributed by atoms with E-state index in [4.69, 9.17) is 4.98 Å². The molecule has 3 heterocycles. The number of para-hydroxylation sites is 1. The van der Waals surface area contributed by atoms with E-state index in [1.54, 1.807) is 11.3 Å². The standard InChI is InChI=1S/C18H20N4OS/c1-11-16(12(2)21-20-11)18(23)22-9-7-13(8-10-22)17-19-14-5-3-4-6-15(14)24-17/h3-6,13H,7-10H2,1-2H3,(H,20,21). The summed E-state index contributed by atoms with van der Waals surface area (Å²) in [7, 11) is 0. The van der Waals surface area contributed by atoms with Crippen molar-refractivity contribution in [1.29, 1.82) is 0 Å². The second-order valence-corrected chi connectivity index (χ2v) is 7.46. The van der Waals surface area contributed by atoms with E-state index in [-0.39, 0.29) is 5.91 Å². The van der Waals surface area contributed by atoms with Crippen molar-refractivity contribution in [2.45, 2.75) is 32.6 Å². The van der Waals surface area contributed by atoms with Gasteiger partial charge in [0.1, 0.15) is 0 Å². The second kappa shape index (κ2) is 6.02. The van der Waals surface area contributed by atoms with Crippen molar-refractivity contribution in [1.82, 2.24) is 20.1 Å². The van der Waals surface area contributed by atoms with Crippen molar-refractivity contribution >= 4 is 27.5 Å². The molecule has 0 atom stereocenters. The number of amides is 1. The number of aryl methyl sites for hydroxylation is 2. The highest BCUT2D eigenvalue weighted by atomic mass is 32.1. The van der Waals surface area contributed by atoms with Crippen LogP contribution in [-0.2, 0) is 0 Å². The fourth-order valence-corrected chi connectivity index (χ4v) is 4.55. The average Bonchev–Trinajstić information content (AvgIpc) is 3.18. The molecule has 6 heteroatoms. The summed E-state index contributed by atoms with van der Waals surface area (Å²) < 4.78 is 1.25. The second-order valence-electron chi connectivity index (χ2n) is 6.40. The molecular weight excluding hydrogens is 320 g/mol. The minimum atomic E-state index is 0.0986. The van der Waals surface area contributed by atoms with Crippen molar-refractivity contribution in [2.75, 3.05) is 13.1 Å². The van der Waals surface area contributed by atoms with Gasteiger partial charge in [-0.05, 0) is 38.8 Å². The summed E-state index contributed by atoms with van der Waals surface area (Å²) in [6, 6.07) is 8.28. The molecule has 0 saturated carbocycles. The Morgan fingerprint density at radius 2 is 2.00 bits per heavy atom. The molecular formula is C18H20N4OS. The molecule has 0 aliphatic carbocycles. The normalized spacial score (nSPS) is 16.0. The summed E-state index contributed by atoms with van der Waals surface area (Å²) in [5.74, 6) is 0.555. The maximum atomic E-state index is 12.7. The molecule has 2 aromatic heterocycles. The molecule has 5 nitrogen and oxygen atoms in total. The molecule has 0 radical (unpaired) electrons. The van der Waals surface area contributed by atoms with Crippen LogP contribution in [0.1, 0.15) is 45.5 Å². The Morgan fingerprint density at radius 1 is 1.25 bits per heavy atom. The summed E-state index contributed by atoms with van der Waals surface area (Å²) in [6.45, 7) is 5.35. The number of piperidine rings is 1. The zero-order valence-corrected chi connectivity index (χ0v) is 14.7. The number of carbonyl (C=O) groups is 1. The van der Waals surface area contributed by atoms with Crippen LogP contribution in [0.25, 0.3) is 10.2 Å². The molecule has 1 amide bonds. The quantitative estimate of drug-likeness (QED) is 0.774. The van der Waals surface area contributed by atoms with Crippen molar-refractivity contribution in [3.63, 3.8) is 0 Å². The van der Waals surface area contributed by atoms with E-state index in [1.807, 2.05) is 24.8 Å². The van der Waals surface area contributed by atoms with Crippen molar-refractivity contribution < 1.29 is 4.79 Å². The molecule has 1 saturated heterocycles. The summed E-state index contributed by atoms with van der Waals surface area (Å²) in [5, 5.41) is 8.25. The van der Waals surface area contributed by atoms with Crippen molar-refractivity contribution in [2.24, 2.45) is 0 Å². The maximum Gasteiger partial charge on any atom is 0.257 e. The summed E-state index contributed by atoms with van der Waals surface area (Å²) >= 11 is 1.79. The molecule has 1 aliphatic heterocycles. The molecule has 0 unspecified atom stereocenters. The Kier molecular flexibility index (Phi) is 3.84. The van der Waals surface area contributed by atoms with Crippen LogP contribution < -0.4 is 0 Å². The van der Waals surface area contributed by atoms with Gasteiger partial charge in [-0.25, -0.2) is 4.98 Å². The van der Waals surface area contributed by atoms with Crippen LogP contribution in [0.3, 0.4) is 0 Å². The maximum absolute atomic E-state index is 12.7. The van der Waals surface area contributed by atoms with Crippen LogP contribution >= 0.6 is 11.3 Å². The van der Waals surface area contributed by atoms with Gasteiger partial charge in [0.25, 0.3) is 5.91 Å². The van der Waals surface area contributed by atoms with Gasteiger partial charge in [0.05, 0.1) is 26.5 Å². The zero-order valence-electron chi connectivity index (χ0n) is 13.9. The molecule has 1 fully saturated rings. The monoisotopic (exact) mass is 340 g/mol. The van der Waals surface area contributed by atoms with Gasteiger partial charge in [-0.3, -0.25) is 9.89 Å². The fourth-order valence-electron chi connectivity index (χ4n) is 3.42. The highest BCUT2D eigenvalue weighted by molar-refractivity contribution is 7.18. The number of carbonyl (C=O) groups excluding carboxylic acids is 1. The molecule has 3 aromatic rings. The number of rotatable bonds is 2. The van der Waals surface area contributed by atoms with Gasteiger partial charge in [-0.2, -0.15) is 5.10 Å². The highest BCUT2D eigenvalue weighted by Gasteiger charge is 2.28. The first-order valence-corrected chi connectivity index (χ1v) is 9.11. The van der Waals surface area contributed by atoms with E-state index in [0.717, 1.165) is 48.4 Å². The predicted octanol–water partition coefficient (Wildman–Crippen LogP) is 3.66. The fraction of sp³-hybridized carbons (Fsp3) is 0.389. The van der Waals surface area contributed by atoms with Gasteiger partial charge < -0.3 is 4.90 Å². The van der Waals surface area contributed by atoms with Crippen LogP contribution in [0.15, 0.2) is 24.3 Å². The number of hydrogen-bond donors (Lipinski definition) is 1. The Hall–Kier alpha value is -2.21. The van der Waals surface area contributed by atoms with Crippen LogP contribution in [0.4, 0.5) is 0 Å². The SMILES string of the molecule is Cc1n[nH]c(C)c1C(=O)N1CCC(c2nc3ccccc3s2)CC1. The highest BCUT2D eigenvalue weighted by Crippen LogP contribution is 2.34. The van der Waals surface area contributed by atoms with Crippen LogP contribution in [0, 0.1) is 13.8 Å². The van der Waals surface area contributed by atoms with Gasteiger partial charge in [0.2, 0.25) is 0 Å². The first-order chi connectivity index (χ1) is 11.6. The molecule has 24 heavy (non-hydrogen) atoms. The van der Waals surface area contributed by atoms with Crippen LogP contribution in [0.5, 0.6) is 0 Å². The smallest absolute Gasteiger partial charge is 0.257 e. The number of nitrogens with zero attached hydrogens (tertiary/aromatic N) is 3. The minimum absolute atomic E-state index is 0.0986. The lowest BCUT2D eigenvalue weighted by molar-refractivity contribution is 0.0711. The van der Waals surface area contributed by atoms with E-state index in [1.165, 1.54) is 9.71 Å². The third-order valence-electron chi connectivity index (χ3n) is 4.78. The number of benzene rings is 1. The number of fused-ring (bicyclic) bond motifs is 1. The first kappa shape index (κ1) is 15.3. The zero-order chi connectivity index (χ0) is 16.7. The lowest BCUT2D eigenvalue weighted by atomic mass is 9.97. The van der Waals surface area contributed by atoms with Gasteiger partial charge in [0.15, 0.2) is 0 Å². The molecule has 1 aromatic carbocycles. The van der Waals surface area contributed by atoms with E-state index >= 15 is 0 Å². The third-order valence-corrected chi connectivity index (χ3v) is 5.98. The largest absolute Gasteiger partial charge is 0.338 e. The molecule has 0 bridgehead atoms. The minimum Gasteiger partial charge on any atom is -0.338 e. The van der Waals surface area contributed by atoms with Gasteiger partial charge in [-0.15, -0.1) is 11.3 Å². The van der Waals surface area contributed by atoms with Crippen LogP contribution in [-0.4, -0.2) is 39.1 Å². The van der Waals surface area contributed by atoms with E-state index < -0.39 is 0 Å². The number of aromatic amines is 1. The van der Waals surface area contributed by atoms with E-state index in [9.17, 15) is 4.79 Å². The third kappa shape index (κ3) is 2.60.